The molecule has 2 atom stereocenters. The molecule has 0 aromatic heterocycles. The summed E-state index contributed by atoms with van der Waals surface area (Å²) in [6.07, 6.45) is 5.13. The molecule has 0 saturated heterocycles. The van der Waals surface area contributed by atoms with Crippen molar-refractivity contribution in [2.24, 2.45) is 11.3 Å². The number of hydrogen-bond acceptors (Lipinski definition) is 1. The van der Waals surface area contributed by atoms with Crippen LogP contribution in [0.1, 0.15) is 46.5 Å². The summed E-state index contributed by atoms with van der Waals surface area (Å²) >= 11 is 12.4. The van der Waals surface area contributed by atoms with Gasteiger partial charge in [0.25, 0.3) is 0 Å². The molecule has 1 aliphatic carbocycles. The zero-order valence-electron chi connectivity index (χ0n) is 12.0. The second-order valence-corrected chi connectivity index (χ2v) is 7.39. The van der Waals surface area contributed by atoms with Crippen molar-refractivity contribution >= 4 is 28.9 Å². The van der Waals surface area contributed by atoms with Gasteiger partial charge in [0.05, 0.1) is 15.7 Å². The van der Waals surface area contributed by atoms with Crippen molar-refractivity contribution in [1.29, 1.82) is 0 Å². The van der Waals surface area contributed by atoms with E-state index >= 15 is 0 Å². The van der Waals surface area contributed by atoms with E-state index in [4.69, 9.17) is 23.2 Å². The molecule has 2 unspecified atom stereocenters. The summed E-state index contributed by atoms with van der Waals surface area (Å²) in [6.45, 7) is 6.99. The minimum absolute atomic E-state index is 0.323. The lowest BCUT2D eigenvalue weighted by atomic mass is 9.69. The SMILES string of the molecule is CC(C)(C)C1CCCCC1Nc1cccc(Cl)c1Cl. The number of hydrogen-bond donors (Lipinski definition) is 1. The van der Waals surface area contributed by atoms with Gasteiger partial charge in [0.15, 0.2) is 0 Å². The summed E-state index contributed by atoms with van der Waals surface area (Å²) in [5, 5.41) is 4.89. The van der Waals surface area contributed by atoms with Crippen LogP contribution in [0.3, 0.4) is 0 Å². The fourth-order valence-electron chi connectivity index (χ4n) is 3.16. The van der Waals surface area contributed by atoms with Gasteiger partial charge in [-0.05, 0) is 36.3 Å². The highest BCUT2D eigenvalue weighted by Crippen LogP contribution is 2.40. The molecule has 0 radical (unpaired) electrons. The lowest BCUT2D eigenvalue weighted by Gasteiger charge is -2.41. The maximum absolute atomic E-state index is 6.28. The average molecular weight is 300 g/mol. The lowest BCUT2D eigenvalue weighted by molar-refractivity contribution is 0.163. The van der Waals surface area contributed by atoms with E-state index in [1.807, 2.05) is 18.2 Å². The normalized spacial score (nSPS) is 24.3. The molecule has 0 heterocycles. The lowest BCUT2D eigenvalue weighted by Crippen LogP contribution is -2.39. The first-order valence-corrected chi connectivity index (χ1v) is 7.86. The molecule has 1 N–H and O–H groups in total. The Morgan fingerprint density at radius 2 is 1.79 bits per heavy atom. The van der Waals surface area contributed by atoms with E-state index in [2.05, 4.69) is 26.1 Å². The Morgan fingerprint density at radius 3 is 2.47 bits per heavy atom. The van der Waals surface area contributed by atoms with Gasteiger partial charge < -0.3 is 5.32 Å². The molecule has 2 rings (SSSR count). The highest BCUT2D eigenvalue weighted by atomic mass is 35.5. The summed E-state index contributed by atoms with van der Waals surface area (Å²) < 4.78 is 0. The van der Waals surface area contributed by atoms with Gasteiger partial charge in [-0.15, -0.1) is 0 Å². The number of rotatable bonds is 2. The van der Waals surface area contributed by atoms with E-state index in [1.54, 1.807) is 0 Å². The Morgan fingerprint density at radius 1 is 1.11 bits per heavy atom. The van der Waals surface area contributed by atoms with Gasteiger partial charge in [0, 0.05) is 6.04 Å². The highest BCUT2D eigenvalue weighted by molar-refractivity contribution is 6.43. The molecule has 1 fully saturated rings. The monoisotopic (exact) mass is 299 g/mol. The van der Waals surface area contributed by atoms with Crippen LogP contribution in [-0.2, 0) is 0 Å². The van der Waals surface area contributed by atoms with Crippen LogP contribution in [0.2, 0.25) is 10.0 Å². The molecule has 0 aliphatic heterocycles. The van der Waals surface area contributed by atoms with Crippen molar-refractivity contribution in [3.63, 3.8) is 0 Å². The molecule has 19 heavy (non-hydrogen) atoms. The summed E-state index contributed by atoms with van der Waals surface area (Å²) in [6, 6.07) is 6.29. The van der Waals surface area contributed by atoms with Gasteiger partial charge in [0.1, 0.15) is 0 Å². The van der Waals surface area contributed by atoms with Crippen molar-refractivity contribution in [2.75, 3.05) is 5.32 Å². The first-order valence-electron chi connectivity index (χ1n) is 7.10. The third-order valence-corrected chi connectivity index (χ3v) is 4.99. The first-order chi connectivity index (χ1) is 8.89. The minimum atomic E-state index is 0.323. The van der Waals surface area contributed by atoms with E-state index < -0.39 is 0 Å². The van der Waals surface area contributed by atoms with Gasteiger partial charge in [-0.2, -0.15) is 0 Å². The van der Waals surface area contributed by atoms with Crippen LogP contribution in [-0.4, -0.2) is 6.04 Å². The molecule has 1 nitrogen and oxygen atoms in total. The van der Waals surface area contributed by atoms with Crippen LogP contribution in [0, 0.1) is 11.3 Å². The second kappa shape index (κ2) is 5.93. The largest absolute Gasteiger partial charge is 0.381 e. The third-order valence-electron chi connectivity index (χ3n) is 4.17. The van der Waals surface area contributed by atoms with Crippen molar-refractivity contribution in [3.8, 4) is 0 Å². The highest BCUT2D eigenvalue weighted by Gasteiger charge is 2.34. The van der Waals surface area contributed by atoms with Gasteiger partial charge in [-0.3, -0.25) is 0 Å². The van der Waals surface area contributed by atoms with E-state index in [0.29, 0.717) is 27.4 Å². The molecule has 1 saturated carbocycles. The number of halogens is 2. The first kappa shape index (κ1) is 15.0. The smallest absolute Gasteiger partial charge is 0.0823 e. The van der Waals surface area contributed by atoms with Crippen LogP contribution in [0.25, 0.3) is 0 Å². The molecule has 1 aromatic carbocycles. The fourth-order valence-corrected chi connectivity index (χ4v) is 3.51. The van der Waals surface area contributed by atoms with Gasteiger partial charge >= 0.3 is 0 Å². The van der Waals surface area contributed by atoms with E-state index in [0.717, 1.165) is 5.69 Å². The topological polar surface area (TPSA) is 12.0 Å². The Labute approximate surface area is 126 Å². The van der Waals surface area contributed by atoms with Crippen LogP contribution in [0.5, 0.6) is 0 Å². The van der Waals surface area contributed by atoms with Crippen molar-refractivity contribution < 1.29 is 0 Å². The molecule has 0 amide bonds. The van der Waals surface area contributed by atoms with Crippen molar-refractivity contribution in [2.45, 2.75) is 52.5 Å². The number of nitrogens with one attached hydrogen (secondary N) is 1. The molecule has 1 aliphatic rings. The Bertz CT molecular complexity index is 437. The summed E-state index contributed by atoms with van der Waals surface area (Å²) in [7, 11) is 0. The van der Waals surface area contributed by atoms with Crippen LogP contribution in [0.4, 0.5) is 5.69 Å². The molecule has 1 aromatic rings. The Kier molecular flexibility index (Phi) is 4.68. The van der Waals surface area contributed by atoms with Crippen LogP contribution >= 0.6 is 23.2 Å². The van der Waals surface area contributed by atoms with E-state index in [1.165, 1.54) is 25.7 Å². The third kappa shape index (κ3) is 3.58. The predicted octanol–water partition coefficient (Wildman–Crippen LogP) is 6.01. The molecule has 0 spiro atoms. The Balaban J connectivity index is 2.18. The van der Waals surface area contributed by atoms with E-state index in [-0.39, 0.29) is 0 Å². The maximum atomic E-state index is 6.28. The molecular weight excluding hydrogens is 277 g/mol. The van der Waals surface area contributed by atoms with Gasteiger partial charge in [-0.1, -0.05) is 62.9 Å². The zero-order chi connectivity index (χ0) is 14.0. The van der Waals surface area contributed by atoms with Crippen molar-refractivity contribution in [3.05, 3.63) is 28.2 Å². The zero-order valence-corrected chi connectivity index (χ0v) is 13.5. The fraction of sp³-hybridized carbons (Fsp3) is 0.625. The van der Waals surface area contributed by atoms with Crippen molar-refractivity contribution in [1.82, 2.24) is 0 Å². The maximum Gasteiger partial charge on any atom is 0.0823 e. The average Bonchev–Trinajstić information content (AvgIpc) is 2.34. The molecule has 3 heteroatoms. The van der Waals surface area contributed by atoms with Gasteiger partial charge in [-0.25, -0.2) is 0 Å². The quantitative estimate of drug-likeness (QED) is 0.705. The minimum Gasteiger partial charge on any atom is -0.381 e. The predicted molar refractivity (Wildman–Crippen MR) is 85.3 cm³/mol. The molecule has 106 valence electrons. The van der Waals surface area contributed by atoms with Crippen LogP contribution in [0.15, 0.2) is 18.2 Å². The summed E-state index contributed by atoms with van der Waals surface area (Å²) in [5.74, 6) is 0.677. The Hall–Kier alpha value is -0.400. The summed E-state index contributed by atoms with van der Waals surface area (Å²) in [4.78, 5) is 0. The molecular formula is C16H23Cl2N. The number of anilines is 1. The molecule has 0 bridgehead atoms. The van der Waals surface area contributed by atoms with Gasteiger partial charge in [0.2, 0.25) is 0 Å². The van der Waals surface area contributed by atoms with E-state index in [9.17, 15) is 0 Å². The second-order valence-electron chi connectivity index (χ2n) is 6.61. The van der Waals surface area contributed by atoms with Crippen LogP contribution < -0.4 is 5.32 Å². The summed E-state index contributed by atoms with van der Waals surface area (Å²) in [5.41, 5.74) is 1.29. The standard InChI is InChI=1S/C16H23Cl2N/c1-16(2,3)11-7-4-5-9-13(11)19-14-10-6-8-12(17)15(14)18/h6,8,10-11,13,19H,4-5,7,9H2,1-3H3. The number of benzene rings is 1.